The third-order valence-corrected chi connectivity index (χ3v) is 4.19. The molecule has 0 saturated heterocycles. The van der Waals surface area contributed by atoms with Crippen LogP contribution in [0.5, 0.6) is 0 Å². The van der Waals surface area contributed by atoms with E-state index in [1.165, 1.54) is 0 Å². The van der Waals surface area contributed by atoms with E-state index in [4.69, 9.17) is 34.8 Å². The van der Waals surface area contributed by atoms with E-state index in [-0.39, 0.29) is 30.5 Å². The van der Waals surface area contributed by atoms with Crippen LogP contribution in [0.25, 0.3) is 0 Å². The number of halogens is 4. The van der Waals surface area contributed by atoms with Gasteiger partial charge in [-0.1, -0.05) is 40.9 Å². The fourth-order valence-corrected chi connectivity index (χ4v) is 2.93. The molecule has 2 aromatic rings. The van der Waals surface area contributed by atoms with E-state index in [9.17, 15) is 5.11 Å². The molecule has 0 aliphatic rings. The maximum atomic E-state index is 10.3. The Labute approximate surface area is 191 Å². The molecule has 148 valence electrons. The minimum absolute atomic E-state index is 0. The lowest BCUT2D eigenvalue weighted by molar-refractivity contribution is 0.187. The molecule has 27 heavy (non-hydrogen) atoms. The van der Waals surface area contributed by atoms with E-state index < -0.39 is 6.10 Å². The van der Waals surface area contributed by atoms with Gasteiger partial charge in [-0.3, -0.25) is 4.99 Å². The van der Waals surface area contributed by atoms with E-state index in [1.807, 2.05) is 13.0 Å². The molecule has 0 spiro atoms. The van der Waals surface area contributed by atoms with Crippen LogP contribution in [0, 0.1) is 0 Å². The Morgan fingerprint density at radius 1 is 1.15 bits per heavy atom. The number of pyridine rings is 1. The topological polar surface area (TPSA) is 69.5 Å². The number of aromatic nitrogens is 1. The SMILES string of the molecule is CCNC(=NCC(O)c1cc(Cl)cc(Cl)c1)NCCc1ccc(Cl)nc1.I. The lowest BCUT2D eigenvalue weighted by Crippen LogP contribution is -2.38. The number of aliphatic hydroxyl groups is 1. The van der Waals surface area contributed by atoms with Crippen LogP contribution in [-0.4, -0.2) is 35.7 Å². The molecule has 0 amide bonds. The molecule has 0 aliphatic heterocycles. The van der Waals surface area contributed by atoms with E-state index in [0.717, 1.165) is 12.0 Å². The summed E-state index contributed by atoms with van der Waals surface area (Å²) < 4.78 is 0. The zero-order valence-corrected chi connectivity index (χ0v) is 19.4. The molecule has 1 aromatic heterocycles. The average molecular weight is 544 g/mol. The third-order valence-electron chi connectivity index (χ3n) is 3.53. The van der Waals surface area contributed by atoms with Crippen molar-refractivity contribution in [1.29, 1.82) is 0 Å². The number of aliphatic imine (C=N–C) groups is 1. The first-order chi connectivity index (χ1) is 12.5. The summed E-state index contributed by atoms with van der Waals surface area (Å²) in [6.45, 7) is 3.56. The first-order valence-corrected chi connectivity index (χ1v) is 9.38. The molecule has 0 saturated carbocycles. The average Bonchev–Trinajstić information content (AvgIpc) is 2.60. The summed E-state index contributed by atoms with van der Waals surface area (Å²) in [6, 6.07) is 8.69. The highest BCUT2D eigenvalue weighted by Gasteiger charge is 2.09. The van der Waals surface area contributed by atoms with Gasteiger partial charge in [-0.2, -0.15) is 0 Å². The second-order valence-corrected chi connectivity index (χ2v) is 6.86. The van der Waals surface area contributed by atoms with Crippen LogP contribution in [0.4, 0.5) is 0 Å². The van der Waals surface area contributed by atoms with E-state index in [2.05, 4.69) is 20.6 Å². The normalized spacial score (nSPS) is 12.3. The second kappa shape index (κ2) is 12.6. The Bertz CT molecular complexity index is 724. The third kappa shape index (κ3) is 8.83. The largest absolute Gasteiger partial charge is 0.386 e. The van der Waals surface area contributed by atoms with Gasteiger partial charge in [0.25, 0.3) is 0 Å². The van der Waals surface area contributed by atoms with Crippen molar-refractivity contribution in [1.82, 2.24) is 15.6 Å². The van der Waals surface area contributed by atoms with Crippen molar-refractivity contribution < 1.29 is 5.11 Å². The van der Waals surface area contributed by atoms with Crippen LogP contribution in [0.1, 0.15) is 24.2 Å². The Hall–Kier alpha value is -0.800. The van der Waals surface area contributed by atoms with Gasteiger partial charge in [-0.15, -0.1) is 24.0 Å². The number of benzene rings is 1. The number of nitrogens with one attached hydrogen (secondary N) is 2. The standard InChI is InChI=1S/C18H21Cl3N4O.HI/c1-2-22-18(23-6-5-12-3-4-17(21)24-10-12)25-11-16(26)13-7-14(19)9-15(20)8-13;/h3-4,7-10,16,26H,2,5-6,11H2,1H3,(H2,22,23,25);1H. The van der Waals surface area contributed by atoms with E-state index >= 15 is 0 Å². The molecular weight excluding hydrogens is 521 g/mol. The number of hydrogen-bond donors (Lipinski definition) is 3. The Balaban J connectivity index is 0.00000364. The van der Waals surface area contributed by atoms with Crippen LogP contribution in [0.3, 0.4) is 0 Å². The van der Waals surface area contributed by atoms with E-state index in [0.29, 0.717) is 39.8 Å². The minimum atomic E-state index is -0.790. The Morgan fingerprint density at radius 3 is 2.44 bits per heavy atom. The lowest BCUT2D eigenvalue weighted by atomic mass is 10.1. The quantitative estimate of drug-likeness (QED) is 0.208. The molecule has 0 aliphatic carbocycles. The summed E-state index contributed by atoms with van der Waals surface area (Å²) in [6.07, 6.45) is 1.74. The molecule has 1 unspecified atom stereocenters. The van der Waals surface area contributed by atoms with Crippen molar-refractivity contribution in [3.63, 3.8) is 0 Å². The predicted molar refractivity (Wildman–Crippen MR) is 124 cm³/mol. The van der Waals surface area contributed by atoms with Gasteiger partial charge in [0.05, 0.1) is 12.6 Å². The molecule has 0 radical (unpaired) electrons. The molecule has 5 nitrogen and oxygen atoms in total. The smallest absolute Gasteiger partial charge is 0.191 e. The van der Waals surface area contributed by atoms with Crippen molar-refractivity contribution >= 4 is 64.7 Å². The first-order valence-electron chi connectivity index (χ1n) is 8.24. The molecule has 1 heterocycles. The highest BCUT2D eigenvalue weighted by atomic mass is 127. The number of nitrogens with zero attached hydrogens (tertiary/aromatic N) is 2. The van der Waals surface area contributed by atoms with Crippen LogP contribution < -0.4 is 10.6 Å². The van der Waals surface area contributed by atoms with Crippen molar-refractivity contribution in [2.75, 3.05) is 19.6 Å². The monoisotopic (exact) mass is 542 g/mol. The first kappa shape index (κ1) is 24.2. The molecule has 9 heteroatoms. The lowest BCUT2D eigenvalue weighted by Gasteiger charge is -2.14. The van der Waals surface area contributed by atoms with Crippen molar-refractivity contribution in [2.45, 2.75) is 19.4 Å². The van der Waals surface area contributed by atoms with Crippen molar-refractivity contribution in [3.05, 3.63) is 62.9 Å². The number of guanidine groups is 1. The summed E-state index contributed by atoms with van der Waals surface area (Å²) >= 11 is 17.7. The zero-order chi connectivity index (χ0) is 18.9. The summed E-state index contributed by atoms with van der Waals surface area (Å²) in [5.74, 6) is 0.626. The van der Waals surface area contributed by atoms with Gasteiger partial charge in [-0.25, -0.2) is 4.98 Å². The van der Waals surface area contributed by atoms with Crippen LogP contribution in [0.2, 0.25) is 15.2 Å². The second-order valence-electron chi connectivity index (χ2n) is 5.60. The molecule has 0 bridgehead atoms. The maximum Gasteiger partial charge on any atom is 0.191 e. The van der Waals surface area contributed by atoms with Gasteiger partial charge in [0, 0.05) is 29.3 Å². The molecule has 0 fully saturated rings. The Kier molecular flexibility index (Phi) is 11.3. The number of aliphatic hydroxyl groups excluding tert-OH is 1. The number of rotatable bonds is 7. The highest BCUT2D eigenvalue weighted by molar-refractivity contribution is 14.0. The van der Waals surface area contributed by atoms with E-state index in [1.54, 1.807) is 30.5 Å². The summed E-state index contributed by atoms with van der Waals surface area (Å²) in [5, 5.41) is 18.1. The van der Waals surface area contributed by atoms with Crippen LogP contribution >= 0.6 is 58.8 Å². The molecule has 2 rings (SSSR count). The summed E-state index contributed by atoms with van der Waals surface area (Å²) in [5.41, 5.74) is 1.71. The van der Waals surface area contributed by atoms with Crippen LogP contribution in [0.15, 0.2) is 41.5 Å². The fraction of sp³-hybridized carbons (Fsp3) is 0.333. The molecule has 1 atom stereocenters. The van der Waals surface area contributed by atoms with Crippen molar-refractivity contribution in [2.24, 2.45) is 4.99 Å². The number of hydrogen-bond acceptors (Lipinski definition) is 3. The van der Waals surface area contributed by atoms with Gasteiger partial charge in [0.15, 0.2) is 5.96 Å². The summed E-state index contributed by atoms with van der Waals surface area (Å²) in [7, 11) is 0. The Morgan fingerprint density at radius 2 is 1.85 bits per heavy atom. The zero-order valence-electron chi connectivity index (χ0n) is 14.8. The minimum Gasteiger partial charge on any atom is -0.386 e. The highest BCUT2D eigenvalue weighted by Crippen LogP contribution is 2.23. The predicted octanol–water partition coefficient (Wildman–Crippen LogP) is 4.49. The van der Waals surface area contributed by atoms with Crippen LogP contribution in [-0.2, 0) is 6.42 Å². The molecule has 1 aromatic carbocycles. The van der Waals surface area contributed by atoms with Gasteiger partial charge in [-0.05, 0) is 48.7 Å². The van der Waals surface area contributed by atoms with Gasteiger partial charge in [0.2, 0.25) is 0 Å². The fourth-order valence-electron chi connectivity index (χ4n) is 2.27. The van der Waals surface area contributed by atoms with Gasteiger partial charge < -0.3 is 15.7 Å². The molecule has 3 N–H and O–H groups in total. The van der Waals surface area contributed by atoms with Gasteiger partial charge in [0.1, 0.15) is 5.15 Å². The summed E-state index contributed by atoms with van der Waals surface area (Å²) in [4.78, 5) is 8.47. The molecular formula is C18H22Cl3IN4O. The van der Waals surface area contributed by atoms with Crippen molar-refractivity contribution in [3.8, 4) is 0 Å². The van der Waals surface area contributed by atoms with Gasteiger partial charge >= 0.3 is 0 Å². The maximum absolute atomic E-state index is 10.3.